The molecule has 1 fully saturated rings. The Bertz CT molecular complexity index is 853. The highest BCUT2D eigenvalue weighted by molar-refractivity contribution is 8.14. The van der Waals surface area contributed by atoms with Crippen molar-refractivity contribution in [1.29, 1.82) is 0 Å². The molecule has 0 aliphatic carbocycles. The lowest BCUT2D eigenvalue weighted by molar-refractivity contribution is -0.137. The third-order valence-electron chi connectivity index (χ3n) is 4.14. The summed E-state index contributed by atoms with van der Waals surface area (Å²) in [6.07, 6.45) is -4.86. The second kappa shape index (κ2) is 8.24. The van der Waals surface area contributed by atoms with Crippen molar-refractivity contribution in [2.24, 2.45) is 0 Å². The lowest BCUT2D eigenvalue weighted by atomic mass is 10.1. The molecule has 5 nitrogen and oxygen atoms in total. The summed E-state index contributed by atoms with van der Waals surface area (Å²) in [6.45, 7) is -0.305. The van der Waals surface area contributed by atoms with Gasteiger partial charge in [0.15, 0.2) is 12.4 Å². The molecule has 1 saturated heterocycles. The van der Waals surface area contributed by atoms with Crippen molar-refractivity contribution >= 4 is 22.8 Å². The second-order valence-corrected chi connectivity index (χ2v) is 7.38. The number of ketones is 1. The SMILES string of the molecule is O=C1NC(O)C(Cc2ccc(OCC(=O)c3ccc(C(F)(F)F)cc3)cc2)S1. The third kappa shape index (κ3) is 5.05. The smallest absolute Gasteiger partial charge is 0.416 e. The summed E-state index contributed by atoms with van der Waals surface area (Å²) in [7, 11) is 0. The molecule has 1 aliphatic rings. The average Bonchev–Trinajstić information content (AvgIpc) is 2.97. The van der Waals surface area contributed by atoms with Crippen LogP contribution in [0.1, 0.15) is 21.5 Å². The van der Waals surface area contributed by atoms with E-state index < -0.39 is 23.8 Å². The van der Waals surface area contributed by atoms with Crippen LogP contribution >= 0.6 is 11.8 Å². The van der Waals surface area contributed by atoms with Crippen LogP contribution in [0, 0.1) is 0 Å². The molecule has 2 aromatic carbocycles. The molecule has 148 valence electrons. The zero-order chi connectivity index (χ0) is 20.3. The topological polar surface area (TPSA) is 75.6 Å². The highest BCUT2D eigenvalue weighted by Crippen LogP contribution is 2.29. The van der Waals surface area contributed by atoms with Crippen LogP contribution in [0.4, 0.5) is 18.0 Å². The molecule has 2 unspecified atom stereocenters. The normalized spacial score (nSPS) is 19.4. The van der Waals surface area contributed by atoms with Gasteiger partial charge in [0, 0.05) is 5.56 Å². The summed E-state index contributed by atoms with van der Waals surface area (Å²) in [5.41, 5.74) is 0.200. The molecule has 0 saturated carbocycles. The van der Waals surface area contributed by atoms with Crippen molar-refractivity contribution in [3.8, 4) is 5.75 Å². The number of thioether (sulfide) groups is 1. The average molecular weight is 411 g/mol. The van der Waals surface area contributed by atoms with E-state index in [0.717, 1.165) is 41.6 Å². The molecule has 1 heterocycles. The van der Waals surface area contributed by atoms with Crippen LogP contribution in [0.25, 0.3) is 0 Å². The van der Waals surface area contributed by atoms with Gasteiger partial charge in [0.05, 0.1) is 10.8 Å². The van der Waals surface area contributed by atoms with Crippen LogP contribution in [0.15, 0.2) is 48.5 Å². The summed E-state index contributed by atoms with van der Waals surface area (Å²) in [4.78, 5) is 23.3. The number of hydrogen-bond donors (Lipinski definition) is 2. The Balaban J connectivity index is 1.53. The van der Waals surface area contributed by atoms with Crippen LogP contribution in [-0.4, -0.2) is 34.2 Å². The highest BCUT2D eigenvalue weighted by Gasteiger charge is 2.32. The van der Waals surface area contributed by atoms with Crippen molar-refractivity contribution in [1.82, 2.24) is 5.32 Å². The minimum absolute atomic E-state index is 0.133. The summed E-state index contributed by atoms with van der Waals surface area (Å²) < 4.78 is 43.0. The number of rotatable bonds is 6. The molecule has 0 spiro atoms. The van der Waals surface area contributed by atoms with E-state index in [1.165, 1.54) is 0 Å². The number of aliphatic hydroxyl groups is 1. The first-order chi connectivity index (χ1) is 13.2. The molecule has 0 bridgehead atoms. The van der Waals surface area contributed by atoms with E-state index in [2.05, 4.69) is 5.32 Å². The minimum atomic E-state index is -4.45. The second-order valence-electron chi connectivity index (χ2n) is 6.17. The molecule has 9 heteroatoms. The molecule has 28 heavy (non-hydrogen) atoms. The van der Waals surface area contributed by atoms with Crippen LogP contribution in [0.3, 0.4) is 0 Å². The molecule has 3 rings (SSSR count). The predicted octanol–water partition coefficient (Wildman–Crippen LogP) is 3.65. The molecular formula is C19H16F3NO4S. The number of amides is 1. The van der Waals surface area contributed by atoms with E-state index in [1.54, 1.807) is 24.3 Å². The van der Waals surface area contributed by atoms with Crippen LogP contribution < -0.4 is 10.1 Å². The third-order valence-corrected chi connectivity index (χ3v) is 5.20. The molecule has 2 aromatic rings. The Morgan fingerprint density at radius 3 is 2.29 bits per heavy atom. The highest BCUT2D eigenvalue weighted by atomic mass is 32.2. The predicted molar refractivity (Wildman–Crippen MR) is 97.3 cm³/mol. The lowest BCUT2D eigenvalue weighted by Crippen LogP contribution is -2.31. The minimum Gasteiger partial charge on any atom is -0.485 e. The van der Waals surface area contributed by atoms with Crippen molar-refractivity contribution in [3.63, 3.8) is 0 Å². The van der Waals surface area contributed by atoms with Crippen molar-refractivity contribution in [2.75, 3.05) is 6.61 Å². The van der Waals surface area contributed by atoms with E-state index in [-0.39, 0.29) is 22.7 Å². The van der Waals surface area contributed by atoms with E-state index in [1.807, 2.05) is 0 Å². The lowest BCUT2D eigenvalue weighted by Gasteiger charge is -2.12. The van der Waals surface area contributed by atoms with Crippen LogP contribution in [0.5, 0.6) is 5.75 Å². The van der Waals surface area contributed by atoms with Crippen LogP contribution in [0.2, 0.25) is 0 Å². The quantitative estimate of drug-likeness (QED) is 0.710. The van der Waals surface area contributed by atoms with Gasteiger partial charge in [0.2, 0.25) is 0 Å². The number of nitrogens with one attached hydrogen (secondary N) is 1. The molecule has 0 aromatic heterocycles. The Kier molecular flexibility index (Phi) is 5.95. The monoisotopic (exact) mass is 411 g/mol. The van der Waals surface area contributed by atoms with Gasteiger partial charge in [0.1, 0.15) is 12.0 Å². The molecule has 1 amide bonds. The van der Waals surface area contributed by atoms with Gasteiger partial charge in [-0.2, -0.15) is 13.2 Å². The number of Topliss-reactive ketones (excluding diaryl/α,β-unsaturated/α-hetero) is 1. The Morgan fingerprint density at radius 1 is 1.11 bits per heavy atom. The fourth-order valence-electron chi connectivity index (χ4n) is 2.63. The standard InChI is InChI=1S/C19H16F3NO4S/c20-19(21,22)13-5-3-12(4-6-13)15(24)10-27-14-7-1-11(2-8-14)9-16-17(25)23-18(26)28-16/h1-8,16-17,25H,9-10H2,(H,23,26). The van der Waals surface area contributed by atoms with Gasteiger partial charge in [-0.1, -0.05) is 36.0 Å². The van der Waals surface area contributed by atoms with Gasteiger partial charge in [0.25, 0.3) is 5.24 Å². The van der Waals surface area contributed by atoms with E-state index >= 15 is 0 Å². The van der Waals surface area contributed by atoms with E-state index in [9.17, 15) is 27.9 Å². The van der Waals surface area contributed by atoms with Crippen LogP contribution in [-0.2, 0) is 12.6 Å². The number of hydrogen-bond acceptors (Lipinski definition) is 5. The number of alkyl halides is 3. The van der Waals surface area contributed by atoms with Gasteiger partial charge in [-0.25, -0.2) is 0 Å². The number of aliphatic hydroxyl groups excluding tert-OH is 1. The molecule has 2 N–H and O–H groups in total. The fourth-order valence-corrected chi connectivity index (χ4v) is 3.57. The van der Waals surface area contributed by atoms with Gasteiger partial charge in [-0.15, -0.1) is 0 Å². The zero-order valence-corrected chi connectivity index (χ0v) is 15.2. The maximum absolute atomic E-state index is 12.5. The van der Waals surface area contributed by atoms with E-state index in [4.69, 9.17) is 4.74 Å². The summed E-state index contributed by atoms with van der Waals surface area (Å²) >= 11 is 1.04. The first-order valence-electron chi connectivity index (χ1n) is 8.30. The first-order valence-corrected chi connectivity index (χ1v) is 9.18. The Morgan fingerprint density at radius 2 is 1.75 bits per heavy atom. The molecule has 2 atom stereocenters. The van der Waals surface area contributed by atoms with Gasteiger partial charge < -0.3 is 15.2 Å². The Hall–Kier alpha value is -2.52. The van der Waals surface area contributed by atoms with Crippen molar-refractivity contribution in [2.45, 2.75) is 24.1 Å². The van der Waals surface area contributed by atoms with Gasteiger partial charge >= 0.3 is 6.18 Å². The molecular weight excluding hydrogens is 395 g/mol. The number of carbonyl (C=O) groups excluding carboxylic acids is 2. The zero-order valence-electron chi connectivity index (χ0n) is 14.4. The number of ether oxygens (including phenoxy) is 1. The van der Waals surface area contributed by atoms with E-state index in [0.29, 0.717) is 12.2 Å². The summed E-state index contributed by atoms with van der Waals surface area (Å²) in [5.74, 6) is -0.00861. The molecule has 1 aliphatic heterocycles. The van der Waals surface area contributed by atoms with Gasteiger partial charge in [-0.3, -0.25) is 9.59 Å². The van der Waals surface area contributed by atoms with Crippen molar-refractivity contribution in [3.05, 3.63) is 65.2 Å². The summed E-state index contributed by atoms with van der Waals surface area (Å²) in [5, 5.41) is 11.6. The largest absolute Gasteiger partial charge is 0.485 e. The van der Waals surface area contributed by atoms with Crippen molar-refractivity contribution < 1.29 is 32.6 Å². The van der Waals surface area contributed by atoms with Gasteiger partial charge in [-0.05, 0) is 36.2 Å². The number of halogens is 3. The first kappa shape index (κ1) is 20.2. The number of carbonyl (C=O) groups is 2. The summed E-state index contributed by atoms with van der Waals surface area (Å²) in [6, 6.07) is 10.8. The maximum Gasteiger partial charge on any atom is 0.416 e. The number of benzene rings is 2. The Labute approximate surface area is 162 Å². The molecule has 0 radical (unpaired) electrons. The fraction of sp³-hybridized carbons (Fsp3) is 0.263. The maximum atomic E-state index is 12.5.